The summed E-state index contributed by atoms with van der Waals surface area (Å²) < 4.78 is 0. The van der Waals surface area contributed by atoms with Crippen molar-refractivity contribution < 1.29 is 58.9 Å². The first-order chi connectivity index (χ1) is 18.9. The molecule has 0 nitrogen and oxygen atoms in total. The van der Waals surface area contributed by atoms with Gasteiger partial charge >= 0.3 is 21.7 Å². The van der Waals surface area contributed by atoms with Crippen molar-refractivity contribution in [3.63, 3.8) is 0 Å². The summed E-state index contributed by atoms with van der Waals surface area (Å²) in [5.41, 5.74) is 7.15. The molecule has 1 atom stereocenters. The first-order valence-electron chi connectivity index (χ1n) is 15.6. The maximum atomic E-state index is 3.83. The Labute approximate surface area is 297 Å². The van der Waals surface area contributed by atoms with E-state index in [1.807, 2.05) is 0 Å². The zero-order chi connectivity index (χ0) is 27.8. The van der Waals surface area contributed by atoms with Crippen molar-refractivity contribution in [3.05, 3.63) is 112 Å². The molecule has 0 amide bonds. The van der Waals surface area contributed by atoms with Crippen LogP contribution in [0.15, 0.2) is 89.1 Å². The zero-order valence-corrected chi connectivity index (χ0v) is 31.8. The second-order valence-electron chi connectivity index (χ2n) is 11.7. The van der Waals surface area contributed by atoms with Crippen molar-refractivity contribution in [2.24, 2.45) is 5.92 Å². The average molecular weight is 688 g/mol. The SMILES string of the molecule is CCCCc1ccc([Si](C2=C(C)C(C)=[C-]C2C)(c2ccc(CCCC)cc2)c2ccc(CCCC)cc2)cc1.[Cl-].[Cl-].[Cl-].[Ti+4]. The number of hydrogen-bond acceptors (Lipinski definition) is 0. The molecule has 0 aliphatic heterocycles. The fourth-order valence-electron chi connectivity index (χ4n) is 6.51. The normalized spacial score (nSPS) is 14.2. The summed E-state index contributed by atoms with van der Waals surface area (Å²) in [5, 5.41) is 6.12. The van der Waals surface area contributed by atoms with Crippen LogP contribution in [0, 0.1) is 12.0 Å². The Morgan fingerprint density at radius 3 is 1.09 bits per heavy atom. The smallest absolute Gasteiger partial charge is 1.00 e. The van der Waals surface area contributed by atoms with Crippen LogP contribution >= 0.6 is 0 Å². The molecule has 0 spiro atoms. The minimum atomic E-state index is -2.53. The van der Waals surface area contributed by atoms with Gasteiger partial charge in [-0.05, 0) is 70.8 Å². The van der Waals surface area contributed by atoms with E-state index in [1.165, 1.54) is 81.9 Å². The van der Waals surface area contributed by atoms with Gasteiger partial charge in [0.25, 0.3) is 0 Å². The molecule has 43 heavy (non-hydrogen) atoms. The third-order valence-corrected chi connectivity index (χ3v) is 14.1. The molecule has 5 heteroatoms. The van der Waals surface area contributed by atoms with E-state index in [0.717, 1.165) is 19.3 Å². The van der Waals surface area contributed by atoms with E-state index in [9.17, 15) is 0 Å². The van der Waals surface area contributed by atoms with Crippen LogP contribution in [0.2, 0.25) is 0 Å². The Bertz CT molecular complexity index is 1150. The molecule has 0 bridgehead atoms. The molecule has 0 radical (unpaired) electrons. The van der Waals surface area contributed by atoms with Crippen LogP contribution < -0.4 is 52.8 Å². The molecule has 1 unspecified atom stereocenters. The van der Waals surface area contributed by atoms with Crippen LogP contribution in [0.5, 0.6) is 0 Å². The number of unbranched alkanes of at least 4 members (excludes halogenated alkanes) is 3. The Morgan fingerprint density at radius 1 is 0.558 bits per heavy atom. The van der Waals surface area contributed by atoms with Gasteiger partial charge in [0.1, 0.15) is 0 Å². The van der Waals surface area contributed by atoms with Crippen molar-refractivity contribution in [2.45, 2.75) is 99.3 Å². The molecule has 3 aromatic rings. The summed E-state index contributed by atoms with van der Waals surface area (Å²) in [6.45, 7) is 13.8. The molecule has 4 rings (SSSR count). The standard InChI is InChI=1S/C38H49Si.3ClH.Ti/c1-7-10-13-32-16-22-35(23-17-32)39(38-30(5)28-29(4)31(38)6,36-24-18-33(19-25-36)14-11-8-2)37-26-20-34(21-27-37)15-12-9-3;;;;/h16-27,30H,7-15H2,1-6H3;3*1H;/q-1;;;;+4/p-3. The van der Waals surface area contributed by atoms with E-state index in [4.69, 9.17) is 0 Å². The number of benzene rings is 3. The third-order valence-electron chi connectivity index (χ3n) is 8.85. The van der Waals surface area contributed by atoms with Crippen LogP contribution in [0.3, 0.4) is 0 Å². The van der Waals surface area contributed by atoms with Crippen molar-refractivity contribution in [1.82, 2.24) is 0 Å². The number of allylic oxidation sites excluding steroid dienone is 4. The monoisotopic (exact) mass is 686 g/mol. The summed E-state index contributed by atoms with van der Waals surface area (Å²) >= 11 is 0. The number of halogens is 3. The molecular weight excluding hydrogens is 639 g/mol. The summed E-state index contributed by atoms with van der Waals surface area (Å²) in [7, 11) is -2.53. The molecule has 3 aromatic carbocycles. The molecule has 0 aromatic heterocycles. The van der Waals surface area contributed by atoms with Gasteiger partial charge in [-0.25, -0.2) is 11.1 Å². The average Bonchev–Trinajstić information content (AvgIpc) is 3.22. The van der Waals surface area contributed by atoms with Crippen molar-refractivity contribution >= 4 is 23.6 Å². The molecule has 1 aliphatic rings. The molecule has 0 saturated carbocycles. The van der Waals surface area contributed by atoms with Crippen molar-refractivity contribution in [3.8, 4) is 0 Å². The largest absolute Gasteiger partial charge is 4.00 e. The van der Waals surface area contributed by atoms with Crippen molar-refractivity contribution in [1.29, 1.82) is 0 Å². The number of aryl methyl sites for hydroxylation is 3. The summed E-state index contributed by atoms with van der Waals surface area (Å²) in [6, 6.07) is 29.4. The van der Waals surface area contributed by atoms with E-state index in [0.29, 0.717) is 5.92 Å². The summed E-state index contributed by atoms with van der Waals surface area (Å²) in [5.74, 6) is 0.316. The van der Waals surface area contributed by atoms with Gasteiger partial charge < -0.3 is 37.2 Å². The van der Waals surface area contributed by atoms with E-state index >= 15 is 0 Å². The van der Waals surface area contributed by atoms with Gasteiger partial charge in [-0.15, -0.1) is 6.92 Å². The van der Waals surface area contributed by atoms with Gasteiger partial charge in [0.05, 0.1) is 0 Å². The van der Waals surface area contributed by atoms with E-state index < -0.39 is 8.07 Å². The maximum absolute atomic E-state index is 3.83. The summed E-state index contributed by atoms with van der Waals surface area (Å²) in [4.78, 5) is 0. The van der Waals surface area contributed by atoms with Gasteiger partial charge in [0.15, 0.2) is 8.07 Å². The Hall–Kier alpha value is -1.06. The molecule has 0 N–H and O–H groups in total. The molecule has 230 valence electrons. The number of rotatable bonds is 13. The van der Waals surface area contributed by atoms with E-state index in [1.54, 1.807) is 5.20 Å². The topological polar surface area (TPSA) is 0 Å². The zero-order valence-electron chi connectivity index (χ0n) is 27.0. The van der Waals surface area contributed by atoms with Crippen LogP contribution in [0.4, 0.5) is 0 Å². The van der Waals surface area contributed by atoms with Gasteiger partial charge in [-0.1, -0.05) is 133 Å². The maximum Gasteiger partial charge on any atom is 4.00 e. The first kappa shape index (κ1) is 41.9. The Balaban J connectivity index is 0.00000441. The molecular formula is C38H49Cl3SiTi. The molecule has 0 fully saturated rings. The van der Waals surface area contributed by atoms with Gasteiger partial charge in [-0.2, -0.15) is 5.20 Å². The Kier molecular flexibility index (Phi) is 19.6. The predicted molar refractivity (Wildman–Crippen MR) is 174 cm³/mol. The minimum absolute atomic E-state index is 0. The molecule has 0 heterocycles. The van der Waals surface area contributed by atoms with Gasteiger partial charge in [-0.3, -0.25) is 6.08 Å². The van der Waals surface area contributed by atoms with Gasteiger partial charge in [0, 0.05) is 0 Å². The predicted octanol–water partition coefficient (Wildman–Crippen LogP) is -0.551. The van der Waals surface area contributed by atoms with Crippen LogP contribution in [0.25, 0.3) is 0 Å². The summed E-state index contributed by atoms with van der Waals surface area (Å²) in [6.07, 6.45) is 14.8. The van der Waals surface area contributed by atoms with Crippen molar-refractivity contribution in [2.75, 3.05) is 0 Å². The first-order valence-corrected chi connectivity index (χ1v) is 17.6. The third kappa shape index (κ3) is 9.48. The van der Waals surface area contributed by atoms with Gasteiger partial charge in [0.2, 0.25) is 0 Å². The minimum Gasteiger partial charge on any atom is -1.00 e. The second kappa shape index (κ2) is 20.1. The van der Waals surface area contributed by atoms with Crippen LogP contribution in [0.1, 0.15) is 96.8 Å². The number of hydrogen-bond donors (Lipinski definition) is 0. The fourth-order valence-corrected chi connectivity index (χ4v) is 11.9. The molecule has 1 aliphatic carbocycles. The quantitative estimate of drug-likeness (QED) is 0.129. The Morgan fingerprint density at radius 2 is 0.860 bits per heavy atom. The van der Waals surface area contributed by atoms with Crippen LogP contribution in [-0.2, 0) is 41.0 Å². The van der Waals surface area contributed by atoms with Crippen LogP contribution in [-0.4, -0.2) is 8.07 Å². The second-order valence-corrected chi connectivity index (χ2v) is 15.5. The van der Waals surface area contributed by atoms with E-state index in [-0.39, 0.29) is 58.9 Å². The van der Waals surface area contributed by atoms with E-state index in [2.05, 4.69) is 120 Å². The fraction of sp³-hybridized carbons (Fsp3) is 0.421. The molecule has 0 saturated heterocycles.